The van der Waals surface area contributed by atoms with E-state index < -0.39 is 0 Å². The number of hydrogen-bond acceptors (Lipinski definition) is 2. The van der Waals surface area contributed by atoms with Gasteiger partial charge in [-0.15, -0.1) is 0 Å². The lowest BCUT2D eigenvalue weighted by atomic mass is 10.0. The van der Waals surface area contributed by atoms with Gasteiger partial charge in [0.05, 0.1) is 6.10 Å². The molecule has 4 unspecified atom stereocenters. The van der Waals surface area contributed by atoms with Gasteiger partial charge in [-0.2, -0.15) is 0 Å². The van der Waals surface area contributed by atoms with Crippen LogP contribution in [0.4, 0.5) is 4.79 Å². The van der Waals surface area contributed by atoms with Gasteiger partial charge in [0.15, 0.2) is 0 Å². The van der Waals surface area contributed by atoms with Crippen LogP contribution < -0.4 is 10.6 Å². The number of carbonyl (C=O) groups is 1. The lowest BCUT2D eigenvalue weighted by molar-refractivity contribution is 0.163. The van der Waals surface area contributed by atoms with Crippen LogP contribution in [0.3, 0.4) is 0 Å². The number of nitrogens with one attached hydrogen (secondary N) is 2. The Morgan fingerprint density at radius 3 is 2.29 bits per heavy atom. The molecule has 102 valence electrons. The van der Waals surface area contributed by atoms with Crippen molar-refractivity contribution in [1.82, 2.24) is 10.6 Å². The van der Waals surface area contributed by atoms with Gasteiger partial charge in [-0.3, -0.25) is 0 Å². The molecular weight excluding hydrogens is 216 g/mol. The van der Waals surface area contributed by atoms with Gasteiger partial charge in [-0.1, -0.05) is 27.2 Å². The fourth-order valence-corrected chi connectivity index (χ4v) is 1.69. The maximum absolute atomic E-state index is 11.6. The fourth-order valence-electron chi connectivity index (χ4n) is 1.69. The molecule has 2 amide bonds. The van der Waals surface area contributed by atoms with E-state index in [1.54, 1.807) is 6.92 Å². The molecule has 0 bridgehead atoms. The lowest BCUT2D eigenvalue weighted by Gasteiger charge is -2.21. The van der Waals surface area contributed by atoms with E-state index in [1.165, 1.54) is 0 Å². The number of aliphatic hydroxyl groups is 1. The number of hydrogen-bond donors (Lipinski definition) is 3. The zero-order valence-electron chi connectivity index (χ0n) is 11.8. The van der Waals surface area contributed by atoms with Gasteiger partial charge in [-0.05, 0) is 32.1 Å². The van der Waals surface area contributed by atoms with E-state index in [0.717, 1.165) is 6.42 Å². The highest BCUT2D eigenvalue weighted by atomic mass is 16.3. The molecule has 17 heavy (non-hydrogen) atoms. The predicted molar refractivity (Wildman–Crippen MR) is 70.9 cm³/mol. The Balaban J connectivity index is 3.79. The Morgan fingerprint density at radius 2 is 1.82 bits per heavy atom. The highest BCUT2D eigenvalue weighted by molar-refractivity contribution is 5.74. The molecule has 0 radical (unpaired) electrons. The minimum Gasteiger partial charge on any atom is -0.393 e. The van der Waals surface area contributed by atoms with Crippen LogP contribution in [0.5, 0.6) is 0 Å². The summed E-state index contributed by atoms with van der Waals surface area (Å²) in [6, 6.07) is 0.0716. The molecule has 0 aliphatic rings. The molecular formula is C13H28N2O2. The Bertz CT molecular complexity index is 219. The molecule has 0 aliphatic heterocycles. The van der Waals surface area contributed by atoms with Gasteiger partial charge < -0.3 is 15.7 Å². The fraction of sp³-hybridized carbons (Fsp3) is 0.923. The maximum Gasteiger partial charge on any atom is 0.315 e. The monoisotopic (exact) mass is 244 g/mol. The third-order valence-electron chi connectivity index (χ3n) is 3.21. The summed E-state index contributed by atoms with van der Waals surface area (Å²) in [5, 5.41) is 15.0. The SMILES string of the molecule is CCC(C)C(C)NC(=O)NCC(C)CC(C)O. The van der Waals surface area contributed by atoms with Crippen LogP contribution in [0.25, 0.3) is 0 Å². The van der Waals surface area contributed by atoms with Crippen LogP contribution in [0.1, 0.15) is 47.5 Å². The quantitative estimate of drug-likeness (QED) is 0.642. The molecule has 0 rings (SSSR count). The summed E-state index contributed by atoms with van der Waals surface area (Å²) >= 11 is 0. The molecule has 0 spiro atoms. The Labute approximate surface area is 105 Å². The normalized spacial score (nSPS) is 18.0. The van der Waals surface area contributed by atoms with Crippen molar-refractivity contribution in [2.75, 3.05) is 6.54 Å². The zero-order valence-corrected chi connectivity index (χ0v) is 11.8. The summed E-state index contributed by atoms with van der Waals surface area (Å²) < 4.78 is 0. The first-order valence-electron chi connectivity index (χ1n) is 6.59. The third-order valence-corrected chi connectivity index (χ3v) is 3.21. The summed E-state index contributed by atoms with van der Waals surface area (Å²) in [7, 11) is 0. The predicted octanol–water partition coefficient (Wildman–Crippen LogP) is 2.13. The molecule has 0 fully saturated rings. The topological polar surface area (TPSA) is 61.4 Å². The minimum absolute atomic E-state index is 0.116. The summed E-state index contributed by atoms with van der Waals surface area (Å²) in [6.45, 7) is 10.6. The van der Waals surface area contributed by atoms with Gasteiger partial charge in [0, 0.05) is 12.6 Å². The van der Waals surface area contributed by atoms with E-state index in [0.29, 0.717) is 24.8 Å². The van der Waals surface area contributed by atoms with E-state index in [-0.39, 0.29) is 18.2 Å². The molecule has 0 aromatic rings. The molecule has 4 nitrogen and oxygen atoms in total. The number of aliphatic hydroxyl groups excluding tert-OH is 1. The molecule has 0 aromatic heterocycles. The Morgan fingerprint density at radius 1 is 1.24 bits per heavy atom. The second-order valence-electron chi connectivity index (χ2n) is 5.22. The number of urea groups is 1. The molecule has 4 heteroatoms. The van der Waals surface area contributed by atoms with Gasteiger partial charge in [0.1, 0.15) is 0 Å². The van der Waals surface area contributed by atoms with Gasteiger partial charge in [0.2, 0.25) is 0 Å². The molecule has 3 N–H and O–H groups in total. The number of carbonyl (C=O) groups excluding carboxylic acids is 1. The van der Waals surface area contributed by atoms with Crippen LogP contribution in [0.15, 0.2) is 0 Å². The van der Waals surface area contributed by atoms with Crippen molar-refractivity contribution < 1.29 is 9.90 Å². The first-order chi connectivity index (χ1) is 7.86. The number of rotatable bonds is 7. The third kappa shape index (κ3) is 8.02. The van der Waals surface area contributed by atoms with E-state index in [9.17, 15) is 9.90 Å². The molecule has 0 saturated carbocycles. The molecule has 4 atom stereocenters. The smallest absolute Gasteiger partial charge is 0.315 e. The highest BCUT2D eigenvalue weighted by Gasteiger charge is 2.13. The maximum atomic E-state index is 11.6. The molecule has 0 saturated heterocycles. The van der Waals surface area contributed by atoms with Crippen LogP contribution in [-0.2, 0) is 0 Å². The van der Waals surface area contributed by atoms with Crippen molar-refractivity contribution in [1.29, 1.82) is 0 Å². The van der Waals surface area contributed by atoms with Gasteiger partial charge >= 0.3 is 6.03 Å². The van der Waals surface area contributed by atoms with E-state index >= 15 is 0 Å². The Hall–Kier alpha value is -0.770. The summed E-state index contributed by atoms with van der Waals surface area (Å²) in [5.41, 5.74) is 0. The van der Waals surface area contributed by atoms with Crippen LogP contribution >= 0.6 is 0 Å². The largest absolute Gasteiger partial charge is 0.393 e. The second-order valence-corrected chi connectivity index (χ2v) is 5.22. The molecule has 0 heterocycles. The van der Waals surface area contributed by atoms with Crippen LogP contribution in [-0.4, -0.2) is 29.8 Å². The van der Waals surface area contributed by atoms with Gasteiger partial charge in [-0.25, -0.2) is 4.79 Å². The molecule has 0 aromatic carbocycles. The van der Waals surface area contributed by atoms with Crippen molar-refractivity contribution in [3.8, 4) is 0 Å². The standard InChI is InChI=1S/C13H28N2O2/c1-6-10(3)12(5)15-13(17)14-8-9(2)7-11(4)16/h9-12,16H,6-8H2,1-5H3,(H2,14,15,17). The van der Waals surface area contributed by atoms with E-state index in [2.05, 4.69) is 24.5 Å². The first-order valence-corrected chi connectivity index (χ1v) is 6.59. The van der Waals surface area contributed by atoms with Crippen molar-refractivity contribution in [3.63, 3.8) is 0 Å². The lowest BCUT2D eigenvalue weighted by Crippen LogP contribution is -2.44. The van der Waals surface area contributed by atoms with Crippen LogP contribution in [0.2, 0.25) is 0 Å². The molecule has 0 aliphatic carbocycles. The summed E-state index contributed by atoms with van der Waals surface area (Å²) in [4.78, 5) is 11.6. The second kappa shape index (κ2) is 8.34. The summed E-state index contributed by atoms with van der Waals surface area (Å²) in [6.07, 6.45) is 1.45. The van der Waals surface area contributed by atoms with Crippen molar-refractivity contribution in [2.24, 2.45) is 11.8 Å². The van der Waals surface area contributed by atoms with Crippen molar-refractivity contribution in [2.45, 2.75) is 59.6 Å². The number of amides is 2. The highest BCUT2D eigenvalue weighted by Crippen LogP contribution is 2.06. The van der Waals surface area contributed by atoms with Crippen LogP contribution in [0, 0.1) is 11.8 Å². The minimum atomic E-state index is -0.311. The average molecular weight is 244 g/mol. The zero-order chi connectivity index (χ0) is 13.4. The summed E-state index contributed by atoms with van der Waals surface area (Å²) in [5.74, 6) is 0.773. The van der Waals surface area contributed by atoms with Crippen molar-refractivity contribution >= 4 is 6.03 Å². The average Bonchev–Trinajstić information content (AvgIpc) is 2.24. The van der Waals surface area contributed by atoms with Gasteiger partial charge in [0.25, 0.3) is 0 Å². The van der Waals surface area contributed by atoms with E-state index in [4.69, 9.17) is 0 Å². The van der Waals surface area contributed by atoms with Crippen molar-refractivity contribution in [3.05, 3.63) is 0 Å². The van der Waals surface area contributed by atoms with E-state index in [1.807, 2.05) is 13.8 Å². The Kier molecular flexibility index (Phi) is 7.96. The first kappa shape index (κ1) is 16.2.